The van der Waals surface area contributed by atoms with Crippen LogP contribution in [0.25, 0.3) is 0 Å². The van der Waals surface area contributed by atoms with E-state index < -0.39 is 0 Å². The Morgan fingerprint density at radius 3 is 2.26 bits per heavy atom. The lowest BCUT2D eigenvalue weighted by Crippen LogP contribution is -2.14. The molecule has 1 aliphatic carbocycles. The molecule has 5 heteroatoms. The van der Waals surface area contributed by atoms with Crippen LogP contribution < -0.4 is 11.1 Å². The Morgan fingerprint density at radius 2 is 1.84 bits per heavy atom. The fraction of sp³-hybridized carbons (Fsp3) is 0.500. The van der Waals surface area contributed by atoms with Gasteiger partial charge in [-0.25, -0.2) is 4.39 Å². The second kappa shape index (κ2) is 4.42. The molecule has 104 valence electrons. The Labute approximate surface area is 127 Å². The molecule has 1 saturated carbocycles. The SMILES string of the molecule is CC1(C)C(Nc2ccc(C(N)=S)c(Br)c2F)C1(C)C. The maximum Gasteiger partial charge on any atom is 0.161 e. The molecule has 0 heterocycles. The molecule has 3 N–H and O–H groups in total. The molecule has 0 unspecified atom stereocenters. The summed E-state index contributed by atoms with van der Waals surface area (Å²) in [5.74, 6) is -0.344. The monoisotopic (exact) mass is 344 g/mol. The molecule has 1 aliphatic rings. The molecule has 19 heavy (non-hydrogen) atoms. The van der Waals surface area contributed by atoms with Gasteiger partial charge in [-0.3, -0.25) is 0 Å². The van der Waals surface area contributed by atoms with Gasteiger partial charge in [0.15, 0.2) is 5.82 Å². The van der Waals surface area contributed by atoms with Crippen LogP contribution in [0, 0.1) is 16.6 Å². The summed E-state index contributed by atoms with van der Waals surface area (Å²) in [4.78, 5) is 0.185. The molecule has 0 saturated heterocycles. The van der Waals surface area contributed by atoms with Crippen molar-refractivity contribution in [3.8, 4) is 0 Å². The lowest BCUT2D eigenvalue weighted by Gasteiger charge is -2.12. The van der Waals surface area contributed by atoms with Gasteiger partial charge in [0.2, 0.25) is 0 Å². The van der Waals surface area contributed by atoms with Crippen molar-refractivity contribution in [1.29, 1.82) is 0 Å². The summed E-state index contributed by atoms with van der Waals surface area (Å²) < 4.78 is 14.6. The van der Waals surface area contributed by atoms with Gasteiger partial charge in [0, 0.05) is 11.6 Å². The highest BCUT2D eigenvalue weighted by atomic mass is 79.9. The van der Waals surface area contributed by atoms with Gasteiger partial charge in [0.1, 0.15) is 4.99 Å². The highest BCUT2D eigenvalue weighted by Crippen LogP contribution is 2.63. The molecule has 0 atom stereocenters. The van der Waals surface area contributed by atoms with Crippen LogP contribution in [0.4, 0.5) is 10.1 Å². The predicted molar refractivity (Wildman–Crippen MR) is 85.0 cm³/mol. The third kappa shape index (κ3) is 2.17. The fourth-order valence-electron chi connectivity index (χ4n) is 2.56. The van der Waals surface area contributed by atoms with E-state index in [9.17, 15) is 4.39 Å². The summed E-state index contributed by atoms with van der Waals surface area (Å²) in [5.41, 5.74) is 6.84. The van der Waals surface area contributed by atoms with Crippen molar-refractivity contribution in [2.24, 2.45) is 16.6 Å². The number of rotatable bonds is 3. The first-order valence-electron chi connectivity index (χ1n) is 6.15. The largest absolute Gasteiger partial charge is 0.389 e. The number of nitrogens with two attached hydrogens (primary N) is 1. The van der Waals surface area contributed by atoms with Crippen LogP contribution in [0.2, 0.25) is 0 Å². The van der Waals surface area contributed by atoms with Crippen molar-refractivity contribution in [2.75, 3.05) is 5.32 Å². The molecular weight excluding hydrogens is 327 g/mol. The van der Waals surface area contributed by atoms with Crippen molar-refractivity contribution >= 4 is 38.8 Å². The molecule has 0 radical (unpaired) electrons. The minimum atomic E-state index is -0.344. The predicted octanol–water partition coefficient (Wildman–Crippen LogP) is 4.07. The first-order chi connectivity index (χ1) is 8.60. The third-order valence-corrected chi connectivity index (χ3v) is 5.66. The van der Waals surface area contributed by atoms with Gasteiger partial charge in [-0.15, -0.1) is 0 Å². The molecule has 0 bridgehead atoms. The minimum Gasteiger partial charge on any atom is -0.389 e. The zero-order chi connectivity index (χ0) is 14.6. The van der Waals surface area contributed by atoms with Crippen molar-refractivity contribution in [3.63, 3.8) is 0 Å². The number of hydrogen-bond acceptors (Lipinski definition) is 2. The number of hydrogen-bond donors (Lipinski definition) is 2. The maximum absolute atomic E-state index is 14.3. The summed E-state index contributed by atoms with van der Waals surface area (Å²) in [5, 5.41) is 3.28. The first kappa shape index (κ1) is 14.7. The Bertz CT molecular complexity index is 541. The van der Waals surface area contributed by atoms with Gasteiger partial charge in [0.05, 0.1) is 10.2 Å². The maximum atomic E-state index is 14.3. The smallest absolute Gasteiger partial charge is 0.161 e. The normalized spacial score (nSPS) is 20.1. The third-order valence-electron chi connectivity index (χ3n) is 4.67. The average molecular weight is 345 g/mol. The summed E-state index contributed by atoms with van der Waals surface area (Å²) in [6.45, 7) is 8.73. The number of anilines is 1. The van der Waals surface area contributed by atoms with Crippen molar-refractivity contribution in [1.82, 2.24) is 0 Å². The van der Waals surface area contributed by atoms with E-state index in [1.807, 2.05) is 0 Å². The van der Waals surface area contributed by atoms with E-state index in [-0.39, 0.29) is 27.7 Å². The molecule has 1 aromatic rings. The molecule has 0 aliphatic heterocycles. The molecule has 1 aromatic carbocycles. The van der Waals surface area contributed by atoms with Crippen LogP contribution in [0.1, 0.15) is 33.3 Å². The lowest BCUT2D eigenvalue weighted by atomic mass is 10.0. The second-order valence-corrected chi connectivity index (χ2v) is 7.41. The molecule has 1 fully saturated rings. The zero-order valence-electron chi connectivity index (χ0n) is 11.5. The van der Waals surface area contributed by atoms with E-state index in [0.29, 0.717) is 15.7 Å². The summed E-state index contributed by atoms with van der Waals surface area (Å²) in [7, 11) is 0. The Hall–Kier alpha value is -0.680. The van der Waals surface area contributed by atoms with Gasteiger partial charge in [-0.05, 0) is 38.9 Å². The van der Waals surface area contributed by atoms with Crippen molar-refractivity contribution in [3.05, 3.63) is 28.0 Å². The van der Waals surface area contributed by atoms with Crippen LogP contribution in [-0.4, -0.2) is 11.0 Å². The number of thiocarbonyl (C=S) groups is 1. The van der Waals surface area contributed by atoms with Crippen LogP contribution in [0.3, 0.4) is 0 Å². The lowest BCUT2D eigenvalue weighted by molar-refractivity contribution is 0.457. The molecule has 2 nitrogen and oxygen atoms in total. The van der Waals surface area contributed by atoms with Gasteiger partial charge in [-0.1, -0.05) is 39.9 Å². The average Bonchev–Trinajstić information content (AvgIpc) is 2.66. The second-order valence-electron chi connectivity index (χ2n) is 6.17. The van der Waals surface area contributed by atoms with E-state index in [4.69, 9.17) is 18.0 Å². The summed E-state index contributed by atoms with van der Waals surface area (Å²) in [6.07, 6.45) is 0. The van der Waals surface area contributed by atoms with Gasteiger partial charge in [0.25, 0.3) is 0 Å². The van der Waals surface area contributed by atoms with Crippen LogP contribution >= 0.6 is 28.1 Å². The van der Waals surface area contributed by atoms with Gasteiger partial charge >= 0.3 is 0 Å². The Kier molecular flexibility index (Phi) is 3.42. The molecule has 2 rings (SSSR count). The van der Waals surface area contributed by atoms with E-state index in [1.54, 1.807) is 12.1 Å². The summed E-state index contributed by atoms with van der Waals surface area (Å²) in [6, 6.07) is 3.68. The van der Waals surface area contributed by atoms with Crippen molar-refractivity contribution in [2.45, 2.75) is 33.7 Å². The van der Waals surface area contributed by atoms with E-state index in [0.717, 1.165) is 0 Å². The molecule has 0 aromatic heterocycles. The quantitative estimate of drug-likeness (QED) is 0.811. The number of benzene rings is 1. The molecular formula is C14H18BrFN2S. The fourth-order valence-corrected chi connectivity index (χ4v) is 3.42. The standard InChI is InChI=1S/C14H18BrFN2S/c1-13(2)12(14(13,3)4)18-8-6-5-7(11(17)19)9(15)10(8)16/h5-6,12,18H,1-4H3,(H2,17,19). The highest BCUT2D eigenvalue weighted by Gasteiger charge is 2.65. The zero-order valence-corrected chi connectivity index (χ0v) is 13.9. The minimum absolute atomic E-state index is 0.147. The Balaban J connectivity index is 2.30. The van der Waals surface area contributed by atoms with E-state index in [2.05, 4.69) is 48.9 Å². The number of nitrogens with one attached hydrogen (secondary N) is 1. The van der Waals surface area contributed by atoms with Gasteiger partial charge < -0.3 is 11.1 Å². The summed E-state index contributed by atoms with van der Waals surface area (Å²) >= 11 is 8.10. The first-order valence-corrected chi connectivity index (χ1v) is 7.35. The van der Waals surface area contributed by atoms with Crippen LogP contribution in [0.15, 0.2) is 16.6 Å². The molecule has 0 spiro atoms. The highest BCUT2D eigenvalue weighted by molar-refractivity contribution is 9.10. The van der Waals surface area contributed by atoms with Crippen LogP contribution in [-0.2, 0) is 0 Å². The van der Waals surface area contributed by atoms with E-state index in [1.165, 1.54) is 0 Å². The van der Waals surface area contributed by atoms with Crippen LogP contribution in [0.5, 0.6) is 0 Å². The van der Waals surface area contributed by atoms with E-state index >= 15 is 0 Å². The van der Waals surface area contributed by atoms with Gasteiger partial charge in [-0.2, -0.15) is 0 Å². The Morgan fingerprint density at radius 1 is 1.32 bits per heavy atom. The number of halogens is 2. The molecule has 0 amide bonds. The van der Waals surface area contributed by atoms with Crippen molar-refractivity contribution < 1.29 is 4.39 Å². The topological polar surface area (TPSA) is 38.0 Å².